The van der Waals surface area contributed by atoms with Crippen molar-refractivity contribution in [3.8, 4) is 0 Å². The van der Waals surface area contributed by atoms with Crippen molar-refractivity contribution in [3.63, 3.8) is 0 Å². The summed E-state index contributed by atoms with van der Waals surface area (Å²) in [5.41, 5.74) is 0. The first-order valence-electron chi connectivity index (χ1n) is 0. The van der Waals surface area contributed by atoms with Gasteiger partial charge in [-0.2, -0.15) is 0 Å². The van der Waals surface area contributed by atoms with Crippen LogP contribution in [0.2, 0.25) is 0 Å². The minimum absolute atomic E-state index is 0. The van der Waals surface area contributed by atoms with Crippen molar-refractivity contribution in [2.45, 2.75) is 7.43 Å². The van der Waals surface area contributed by atoms with E-state index in [4.69, 9.17) is 0 Å². The summed E-state index contributed by atoms with van der Waals surface area (Å²) in [6.07, 6.45) is 0. The standard InChI is InChI=1S/CH4.2H3N.V/h1H4;2*1H3;. The molecule has 0 saturated carbocycles. The third-order valence-corrected chi connectivity index (χ3v) is 0. The summed E-state index contributed by atoms with van der Waals surface area (Å²) in [5, 5.41) is 0. The van der Waals surface area contributed by atoms with E-state index in [0.717, 1.165) is 0 Å². The topological polar surface area (TPSA) is 70.0 Å². The monoisotopic (exact) mass is 101 g/mol. The zero-order valence-electron chi connectivity index (χ0n) is 1.86. The van der Waals surface area contributed by atoms with Crippen molar-refractivity contribution in [2.75, 3.05) is 0 Å². The Hall–Kier alpha value is 0.504. The molecule has 0 amide bonds. The van der Waals surface area contributed by atoms with Crippen molar-refractivity contribution in [1.29, 1.82) is 0 Å². The average Bonchev–Trinajstić information content (AvgIpc) is 0. The number of hydrogen-bond acceptors (Lipinski definition) is 2. The first kappa shape index (κ1) is 217. The van der Waals surface area contributed by atoms with Gasteiger partial charge in [0.2, 0.25) is 0 Å². The molecule has 0 aromatic carbocycles. The van der Waals surface area contributed by atoms with Crippen LogP contribution in [0.25, 0.3) is 0 Å². The van der Waals surface area contributed by atoms with Crippen molar-refractivity contribution >= 4 is 0 Å². The van der Waals surface area contributed by atoms with Gasteiger partial charge in [-0.3, -0.25) is 0 Å². The minimum atomic E-state index is 0. The minimum Gasteiger partial charge on any atom is -0.344 e. The van der Waals surface area contributed by atoms with Crippen LogP contribution in [0, 0.1) is 0 Å². The number of hydrogen-bond donors (Lipinski definition) is 2. The zero-order chi connectivity index (χ0) is 0. The second kappa shape index (κ2) is 86.4. The maximum absolute atomic E-state index is 0. The zero-order valence-corrected chi connectivity index (χ0v) is 3.26. The largest absolute Gasteiger partial charge is 0.344 e. The van der Waals surface area contributed by atoms with E-state index in [-0.39, 0.29) is 38.3 Å². The Kier molecular flexibility index (Phi) is 4700. The van der Waals surface area contributed by atoms with Gasteiger partial charge in [0.05, 0.1) is 0 Å². The quantitative estimate of drug-likeness (QED) is 0.477. The molecular weight excluding hydrogens is 91.0 g/mol. The predicted molar refractivity (Wildman–Crippen MR) is 16.8 cm³/mol. The van der Waals surface area contributed by atoms with Gasteiger partial charge < -0.3 is 12.3 Å². The van der Waals surface area contributed by atoms with Crippen LogP contribution >= 0.6 is 0 Å². The summed E-state index contributed by atoms with van der Waals surface area (Å²) in [7, 11) is 0. The van der Waals surface area contributed by atoms with E-state index in [1.54, 1.807) is 0 Å². The fourth-order valence-electron chi connectivity index (χ4n) is 0. The van der Waals surface area contributed by atoms with Gasteiger partial charge in [-0.05, 0) is 0 Å². The molecule has 0 unspecified atom stereocenters. The predicted octanol–water partition coefficient (Wildman–Crippen LogP) is 0.958. The van der Waals surface area contributed by atoms with E-state index >= 15 is 0 Å². The molecule has 0 atom stereocenters. The normalized spacial score (nSPS) is 0. The Morgan fingerprint density at radius 1 is 0.750 bits per heavy atom. The maximum Gasteiger partial charge on any atom is 0 e. The number of rotatable bonds is 0. The van der Waals surface area contributed by atoms with Crippen molar-refractivity contribution < 1.29 is 18.6 Å². The van der Waals surface area contributed by atoms with Crippen LogP contribution in [0.5, 0.6) is 0 Å². The smallest absolute Gasteiger partial charge is 0 e. The van der Waals surface area contributed by atoms with E-state index in [1.807, 2.05) is 0 Å². The molecule has 6 N–H and O–H groups in total. The van der Waals surface area contributed by atoms with Gasteiger partial charge in [0.15, 0.2) is 0 Å². The maximum atomic E-state index is 0. The molecule has 0 aliphatic heterocycles. The van der Waals surface area contributed by atoms with E-state index in [9.17, 15) is 0 Å². The summed E-state index contributed by atoms with van der Waals surface area (Å²) in [6.45, 7) is 0. The Bertz CT molecular complexity index is 6.00. The molecule has 0 aromatic heterocycles. The molecule has 0 heterocycles. The molecule has 2 nitrogen and oxygen atoms in total. The molecule has 0 fully saturated rings. The Morgan fingerprint density at radius 3 is 0.750 bits per heavy atom. The van der Waals surface area contributed by atoms with Crippen LogP contribution in [0.1, 0.15) is 7.43 Å². The summed E-state index contributed by atoms with van der Waals surface area (Å²) >= 11 is 0. The van der Waals surface area contributed by atoms with Crippen LogP contribution in [0.3, 0.4) is 0 Å². The third-order valence-electron chi connectivity index (χ3n) is 0. The SMILES string of the molecule is C.N.N.[V]. The van der Waals surface area contributed by atoms with Gasteiger partial charge in [-0.1, -0.05) is 7.43 Å². The summed E-state index contributed by atoms with van der Waals surface area (Å²) < 4.78 is 0. The Balaban J connectivity index is 0. The fourth-order valence-corrected chi connectivity index (χ4v) is 0. The van der Waals surface area contributed by atoms with Crippen LogP contribution in [0.15, 0.2) is 0 Å². The van der Waals surface area contributed by atoms with Gasteiger partial charge in [-0.15, -0.1) is 0 Å². The molecule has 0 aliphatic rings. The molecule has 0 spiro atoms. The van der Waals surface area contributed by atoms with E-state index in [0.29, 0.717) is 0 Å². The van der Waals surface area contributed by atoms with E-state index < -0.39 is 0 Å². The van der Waals surface area contributed by atoms with Gasteiger partial charge in [0, 0.05) is 18.6 Å². The summed E-state index contributed by atoms with van der Waals surface area (Å²) in [6, 6.07) is 0. The molecule has 29 valence electrons. The molecule has 0 rings (SSSR count). The Morgan fingerprint density at radius 2 is 0.750 bits per heavy atom. The van der Waals surface area contributed by atoms with Gasteiger partial charge in [-0.25, -0.2) is 0 Å². The third kappa shape index (κ3) is 22.3. The molecule has 3 heteroatoms. The average molecular weight is 101 g/mol. The van der Waals surface area contributed by atoms with E-state index in [2.05, 4.69) is 0 Å². The molecule has 4 heavy (non-hydrogen) atoms. The van der Waals surface area contributed by atoms with Gasteiger partial charge in [0.25, 0.3) is 0 Å². The second-order valence-electron chi connectivity index (χ2n) is 0. The molecule has 1 radical (unpaired) electrons. The van der Waals surface area contributed by atoms with Gasteiger partial charge >= 0.3 is 0 Å². The molecule has 0 saturated heterocycles. The summed E-state index contributed by atoms with van der Waals surface area (Å²) in [4.78, 5) is 0. The van der Waals surface area contributed by atoms with Crippen LogP contribution in [0.4, 0.5) is 0 Å². The van der Waals surface area contributed by atoms with Crippen molar-refractivity contribution in [2.24, 2.45) is 0 Å². The second-order valence-corrected chi connectivity index (χ2v) is 0. The van der Waals surface area contributed by atoms with E-state index in [1.165, 1.54) is 0 Å². The van der Waals surface area contributed by atoms with Crippen LogP contribution in [-0.2, 0) is 18.6 Å². The first-order valence-corrected chi connectivity index (χ1v) is 0. The van der Waals surface area contributed by atoms with Crippen LogP contribution < -0.4 is 12.3 Å². The van der Waals surface area contributed by atoms with Crippen molar-refractivity contribution in [3.05, 3.63) is 0 Å². The molecule has 0 aromatic rings. The molecular formula is CH10N2V. The molecule has 0 bridgehead atoms. The molecule has 0 aliphatic carbocycles. The summed E-state index contributed by atoms with van der Waals surface area (Å²) in [5.74, 6) is 0. The first-order chi connectivity index (χ1) is 0. The fraction of sp³-hybridized carbons (Fsp3) is 1.00. The van der Waals surface area contributed by atoms with Crippen molar-refractivity contribution in [1.82, 2.24) is 12.3 Å². The van der Waals surface area contributed by atoms with Crippen LogP contribution in [-0.4, -0.2) is 0 Å². The Labute approximate surface area is 39.0 Å². The van der Waals surface area contributed by atoms with Gasteiger partial charge in [0.1, 0.15) is 0 Å².